The second-order valence-electron chi connectivity index (χ2n) is 3.00. The summed E-state index contributed by atoms with van der Waals surface area (Å²) in [5, 5.41) is 0. The van der Waals surface area contributed by atoms with E-state index in [-0.39, 0.29) is 6.10 Å². The number of hydrogen-bond acceptors (Lipinski definition) is 2. The topological polar surface area (TPSA) is 26.3 Å². The lowest BCUT2D eigenvalue weighted by atomic mass is 10.1. The molecule has 0 aliphatic carbocycles. The van der Waals surface area contributed by atoms with Crippen LogP contribution >= 0.6 is 0 Å². The van der Waals surface area contributed by atoms with Gasteiger partial charge in [0.15, 0.2) is 11.6 Å². The van der Waals surface area contributed by atoms with Crippen LogP contribution in [0.25, 0.3) is 0 Å². The van der Waals surface area contributed by atoms with Gasteiger partial charge in [0.25, 0.3) is 6.47 Å². The van der Waals surface area contributed by atoms with Gasteiger partial charge in [-0.25, -0.2) is 8.78 Å². The Morgan fingerprint density at radius 3 is 2.71 bits per heavy atom. The van der Waals surface area contributed by atoms with Crippen LogP contribution in [0.4, 0.5) is 8.78 Å². The predicted molar refractivity (Wildman–Crippen MR) is 46.7 cm³/mol. The van der Waals surface area contributed by atoms with Gasteiger partial charge in [-0.05, 0) is 24.6 Å². The summed E-state index contributed by atoms with van der Waals surface area (Å²) >= 11 is 0. The smallest absolute Gasteiger partial charge is 0.293 e. The molecule has 0 aromatic heterocycles. The van der Waals surface area contributed by atoms with Crippen molar-refractivity contribution in [2.45, 2.75) is 19.4 Å². The zero-order valence-corrected chi connectivity index (χ0v) is 7.67. The first kappa shape index (κ1) is 10.6. The highest BCUT2D eigenvalue weighted by molar-refractivity contribution is 5.37. The first-order valence-electron chi connectivity index (χ1n) is 4.16. The van der Waals surface area contributed by atoms with Gasteiger partial charge >= 0.3 is 0 Å². The van der Waals surface area contributed by atoms with E-state index in [2.05, 4.69) is 4.74 Å². The fourth-order valence-corrected chi connectivity index (χ4v) is 1.14. The second-order valence-corrected chi connectivity index (χ2v) is 3.00. The molecule has 0 saturated carbocycles. The van der Waals surface area contributed by atoms with Gasteiger partial charge in [0.1, 0.15) is 6.10 Å². The Morgan fingerprint density at radius 1 is 1.43 bits per heavy atom. The highest BCUT2D eigenvalue weighted by Gasteiger charge is 2.06. The number of benzene rings is 1. The van der Waals surface area contributed by atoms with Crippen molar-refractivity contribution in [3.8, 4) is 0 Å². The average molecular weight is 200 g/mol. The molecule has 1 atom stereocenters. The van der Waals surface area contributed by atoms with Crippen molar-refractivity contribution in [1.29, 1.82) is 0 Å². The van der Waals surface area contributed by atoms with Crippen molar-refractivity contribution in [3.05, 3.63) is 35.4 Å². The van der Waals surface area contributed by atoms with Crippen LogP contribution in [0.2, 0.25) is 0 Å². The predicted octanol–water partition coefficient (Wildman–Crippen LogP) is 2.07. The zero-order valence-electron chi connectivity index (χ0n) is 7.67. The Balaban J connectivity index is 2.67. The molecule has 0 saturated heterocycles. The molecule has 0 aliphatic heterocycles. The molecule has 76 valence electrons. The first-order valence-corrected chi connectivity index (χ1v) is 4.16. The van der Waals surface area contributed by atoms with Gasteiger partial charge in [-0.15, -0.1) is 0 Å². The van der Waals surface area contributed by atoms with E-state index in [1.165, 1.54) is 6.07 Å². The van der Waals surface area contributed by atoms with Crippen molar-refractivity contribution in [1.82, 2.24) is 0 Å². The van der Waals surface area contributed by atoms with Crippen LogP contribution in [0.3, 0.4) is 0 Å². The second kappa shape index (κ2) is 4.69. The monoisotopic (exact) mass is 200 g/mol. The van der Waals surface area contributed by atoms with Crippen molar-refractivity contribution in [2.24, 2.45) is 0 Å². The van der Waals surface area contributed by atoms with E-state index in [1.54, 1.807) is 6.92 Å². The maximum absolute atomic E-state index is 12.7. The zero-order chi connectivity index (χ0) is 10.6. The molecular formula is C10H10F2O2. The molecule has 0 radical (unpaired) electrons. The third kappa shape index (κ3) is 2.80. The number of halogens is 2. The molecule has 0 bridgehead atoms. The normalized spacial score (nSPS) is 12.2. The molecule has 4 heteroatoms. The minimum Gasteiger partial charge on any atom is -0.465 e. The van der Waals surface area contributed by atoms with Gasteiger partial charge in [0, 0.05) is 6.42 Å². The molecule has 0 heterocycles. The molecule has 2 nitrogen and oxygen atoms in total. The number of carbonyl (C=O) groups excluding carboxylic acids is 1. The molecule has 1 aromatic rings. The van der Waals surface area contributed by atoms with E-state index in [4.69, 9.17) is 0 Å². The van der Waals surface area contributed by atoms with Crippen LogP contribution < -0.4 is 0 Å². The maximum Gasteiger partial charge on any atom is 0.293 e. The minimum absolute atomic E-state index is 0.336. The number of hydrogen-bond donors (Lipinski definition) is 0. The molecule has 0 fully saturated rings. The lowest BCUT2D eigenvalue weighted by Gasteiger charge is -2.09. The Hall–Kier alpha value is -1.45. The number of ether oxygens (including phenoxy) is 1. The molecule has 0 spiro atoms. The Labute approximate surface area is 80.5 Å². The molecule has 0 amide bonds. The fourth-order valence-electron chi connectivity index (χ4n) is 1.14. The summed E-state index contributed by atoms with van der Waals surface area (Å²) in [4.78, 5) is 9.97. The third-order valence-electron chi connectivity index (χ3n) is 1.80. The summed E-state index contributed by atoms with van der Waals surface area (Å²) in [6.07, 6.45) is 0.0352. The van der Waals surface area contributed by atoms with Gasteiger partial charge in [0.2, 0.25) is 0 Å². The molecule has 1 aromatic carbocycles. The molecular weight excluding hydrogens is 190 g/mol. The van der Waals surface area contributed by atoms with E-state index in [1.807, 2.05) is 0 Å². The van der Waals surface area contributed by atoms with Crippen LogP contribution in [-0.2, 0) is 16.0 Å². The number of carbonyl (C=O) groups is 1. The van der Waals surface area contributed by atoms with Crippen molar-refractivity contribution < 1.29 is 18.3 Å². The highest BCUT2D eigenvalue weighted by Crippen LogP contribution is 2.11. The van der Waals surface area contributed by atoms with E-state index in [0.29, 0.717) is 18.5 Å². The lowest BCUT2D eigenvalue weighted by Crippen LogP contribution is -2.10. The minimum atomic E-state index is -0.888. The van der Waals surface area contributed by atoms with Crippen molar-refractivity contribution >= 4 is 6.47 Å². The first-order chi connectivity index (χ1) is 6.63. The van der Waals surface area contributed by atoms with E-state index in [0.717, 1.165) is 12.1 Å². The average Bonchev–Trinajstić information content (AvgIpc) is 2.12. The largest absolute Gasteiger partial charge is 0.465 e. The van der Waals surface area contributed by atoms with Gasteiger partial charge in [-0.1, -0.05) is 6.07 Å². The Morgan fingerprint density at radius 2 is 2.14 bits per heavy atom. The molecule has 0 aliphatic rings. The summed E-state index contributed by atoms with van der Waals surface area (Å²) < 4.78 is 29.9. The molecule has 0 N–H and O–H groups in total. The van der Waals surface area contributed by atoms with Crippen LogP contribution in [0.1, 0.15) is 12.5 Å². The summed E-state index contributed by atoms with van der Waals surface area (Å²) in [7, 11) is 0. The molecule has 14 heavy (non-hydrogen) atoms. The van der Waals surface area contributed by atoms with E-state index < -0.39 is 11.6 Å². The molecule has 1 rings (SSSR count). The van der Waals surface area contributed by atoms with Crippen molar-refractivity contribution in [3.63, 3.8) is 0 Å². The van der Waals surface area contributed by atoms with Crippen LogP contribution in [-0.4, -0.2) is 12.6 Å². The van der Waals surface area contributed by atoms with E-state index >= 15 is 0 Å². The van der Waals surface area contributed by atoms with Gasteiger partial charge in [-0.2, -0.15) is 0 Å². The van der Waals surface area contributed by atoms with Gasteiger partial charge in [0.05, 0.1) is 0 Å². The van der Waals surface area contributed by atoms with Crippen LogP contribution in [0, 0.1) is 11.6 Å². The summed E-state index contributed by atoms with van der Waals surface area (Å²) in [5.74, 6) is -1.77. The Bertz CT molecular complexity index is 326. The Kier molecular flexibility index (Phi) is 3.56. The maximum atomic E-state index is 12.7. The molecule has 1 unspecified atom stereocenters. The van der Waals surface area contributed by atoms with Crippen LogP contribution in [0.5, 0.6) is 0 Å². The highest BCUT2D eigenvalue weighted by atomic mass is 19.2. The fraction of sp³-hybridized carbons (Fsp3) is 0.300. The quantitative estimate of drug-likeness (QED) is 0.695. The van der Waals surface area contributed by atoms with Gasteiger partial charge < -0.3 is 4.74 Å². The number of rotatable bonds is 4. The van der Waals surface area contributed by atoms with Crippen LogP contribution in [0.15, 0.2) is 18.2 Å². The third-order valence-corrected chi connectivity index (χ3v) is 1.80. The van der Waals surface area contributed by atoms with Crippen molar-refractivity contribution in [2.75, 3.05) is 0 Å². The summed E-state index contributed by atoms with van der Waals surface area (Å²) in [5.41, 5.74) is 0.596. The lowest BCUT2D eigenvalue weighted by molar-refractivity contribution is -0.132. The summed E-state index contributed by atoms with van der Waals surface area (Å²) in [6, 6.07) is 3.61. The van der Waals surface area contributed by atoms with Gasteiger partial charge in [-0.3, -0.25) is 4.79 Å². The SMILES string of the molecule is CC(Cc1ccc(F)c(F)c1)OC=O. The van der Waals surface area contributed by atoms with E-state index in [9.17, 15) is 13.6 Å². The summed E-state index contributed by atoms with van der Waals surface area (Å²) in [6.45, 7) is 2.01. The standard InChI is InChI=1S/C10H10F2O2/c1-7(14-6-13)4-8-2-3-9(11)10(12)5-8/h2-3,5-7H,4H2,1H3.